The van der Waals surface area contributed by atoms with Gasteiger partial charge >= 0.3 is 126 Å². The molecule has 0 aromatic heterocycles. The van der Waals surface area contributed by atoms with Crippen LogP contribution in [0.4, 0.5) is 0 Å². The Morgan fingerprint density at radius 1 is 1.17 bits per heavy atom. The summed E-state index contributed by atoms with van der Waals surface area (Å²) in [6.45, 7) is 2.18. The number of nitrogens with zero attached hydrogens (tertiary/aromatic N) is 1. The first-order valence-electron chi connectivity index (χ1n) is 6.20. The van der Waals surface area contributed by atoms with E-state index in [2.05, 4.69) is 58.3 Å². The van der Waals surface area contributed by atoms with Gasteiger partial charge in [0.25, 0.3) is 0 Å². The predicted molar refractivity (Wildman–Crippen MR) is 79.7 cm³/mol. The van der Waals surface area contributed by atoms with Gasteiger partial charge in [-0.3, -0.25) is 0 Å². The molecule has 0 radical (unpaired) electrons. The van der Waals surface area contributed by atoms with Gasteiger partial charge in [-0.05, 0) is 0 Å². The number of rotatable bonds is 3. The van der Waals surface area contributed by atoms with E-state index in [1.807, 2.05) is 6.07 Å². The molecular weight excluding hydrogens is 411 g/mol. The zero-order valence-corrected chi connectivity index (χ0v) is 15.1. The Morgan fingerprint density at radius 2 is 1.89 bits per heavy atom. The molecule has 1 nitrogen and oxygen atoms in total. The van der Waals surface area contributed by atoms with Crippen LogP contribution in [-0.2, 0) is 0 Å². The van der Waals surface area contributed by atoms with Gasteiger partial charge in [-0.25, -0.2) is 0 Å². The van der Waals surface area contributed by atoms with Crippen LogP contribution in [0.2, 0.25) is 0 Å². The van der Waals surface area contributed by atoms with E-state index in [9.17, 15) is 0 Å². The van der Waals surface area contributed by atoms with Crippen molar-refractivity contribution in [1.82, 2.24) is 0 Å². The Labute approximate surface area is 125 Å². The second-order valence-electron chi connectivity index (χ2n) is 4.34. The molecule has 0 saturated carbocycles. The molecule has 88 valence electrons. The van der Waals surface area contributed by atoms with Gasteiger partial charge in [0.1, 0.15) is 0 Å². The Kier molecular flexibility index (Phi) is 5.11. The number of hydrogen-bond acceptors (Lipinski definition) is 1. The average molecular weight is 427 g/mol. The van der Waals surface area contributed by atoms with Crippen molar-refractivity contribution in [2.24, 2.45) is 2.80 Å². The normalized spacial score (nSPS) is 16.6. The van der Waals surface area contributed by atoms with E-state index in [0.29, 0.717) is 26.1 Å². The van der Waals surface area contributed by atoms with E-state index in [1.165, 1.54) is 16.7 Å². The molecule has 1 aromatic rings. The van der Waals surface area contributed by atoms with Crippen molar-refractivity contribution in [3.05, 3.63) is 65.3 Å². The minimum atomic E-state index is 0.640. The quantitative estimate of drug-likeness (QED) is 0.514. The van der Waals surface area contributed by atoms with E-state index in [-0.39, 0.29) is 0 Å². The summed E-state index contributed by atoms with van der Waals surface area (Å²) >= 11 is 0.640. The summed E-state index contributed by atoms with van der Waals surface area (Å²) in [5, 5.41) is 0. The maximum absolute atomic E-state index is 4.56. The van der Waals surface area contributed by atoms with Crippen LogP contribution < -0.4 is 0 Å². The van der Waals surface area contributed by atoms with Crippen LogP contribution in [0, 0.1) is 0 Å². The van der Waals surface area contributed by atoms with Crippen LogP contribution in [0.5, 0.6) is 0 Å². The summed E-state index contributed by atoms with van der Waals surface area (Å²) in [5.41, 5.74) is 5.04. The monoisotopic (exact) mass is 427 g/mol. The van der Waals surface area contributed by atoms with Crippen molar-refractivity contribution >= 4 is 37.9 Å². The van der Waals surface area contributed by atoms with Crippen LogP contribution in [0.3, 0.4) is 0 Å². The molecule has 0 atom stereocenters. The van der Waals surface area contributed by atoms with Gasteiger partial charge < -0.3 is 0 Å². The molecule has 1 aliphatic carbocycles. The van der Waals surface area contributed by atoms with E-state index in [4.69, 9.17) is 0 Å². The minimum absolute atomic E-state index is 0.640. The molecule has 0 N–H and O–H groups in total. The maximum atomic E-state index is 4.56. The molecule has 0 saturated heterocycles. The summed E-state index contributed by atoms with van der Waals surface area (Å²) in [5.74, 6) is 0. The fourth-order valence-corrected chi connectivity index (χ4v) is 2.92. The molecule has 0 fully saturated rings. The summed E-state index contributed by atoms with van der Waals surface area (Å²) in [6, 6.07) is 10.4. The molecule has 0 spiro atoms. The Hall–Kier alpha value is -0.968. The zero-order valence-electron chi connectivity index (χ0n) is 10.6. The predicted octanol–water partition coefficient (Wildman–Crippen LogP) is 3.89. The summed E-state index contributed by atoms with van der Waals surface area (Å²) in [7, 11) is 0. The fourth-order valence-electron chi connectivity index (χ4n) is 2.05. The molecule has 0 unspecified atom stereocenters. The molecule has 2 heteroatoms. The van der Waals surface area contributed by atoms with Crippen molar-refractivity contribution < 1.29 is 0 Å². The third kappa shape index (κ3) is 3.51. The van der Waals surface area contributed by atoms with E-state index < -0.39 is 0 Å². The summed E-state index contributed by atoms with van der Waals surface area (Å²) < 4.78 is 4.56. The molecule has 0 aliphatic heterocycles. The van der Waals surface area contributed by atoms with Gasteiger partial charge in [0.2, 0.25) is 0 Å². The van der Waals surface area contributed by atoms with Crippen molar-refractivity contribution in [2.75, 3.05) is 0 Å². The first-order valence-corrected chi connectivity index (χ1v) is 8.20. The second kappa shape index (κ2) is 6.83. The van der Waals surface area contributed by atoms with Crippen molar-refractivity contribution in [1.29, 1.82) is 0 Å². The second-order valence-corrected chi connectivity index (χ2v) is 5.34. The van der Waals surface area contributed by atoms with Crippen molar-refractivity contribution in [3.63, 3.8) is 0 Å². The summed E-state index contributed by atoms with van der Waals surface area (Å²) in [6.07, 6.45) is 11.2. The van der Waals surface area contributed by atoms with Gasteiger partial charge in [0.15, 0.2) is 0 Å². The average Bonchev–Trinajstić information content (AvgIpc) is 2.42. The van der Waals surface area contributed by atoms with Crippen LogP contribution in [0.1, 0.15) is 25.3 Å². The molecule has 18 heavy (non-hydrogen) atoms. The first-order chi connectivity index (χ1) is 8.81. The third-order valence-corrected chi connectivity index (χ3v) is 4.12. The molecule has 1 aliphatic rings. The Balaban J connectivity index is 2.19. The molecule has 0 bridgehead atoms. The Morgan fingerprint density at radius 3 is 2.56 bits per heavy atom. The topological polar surface area (TPSA) is 12.4 Å². The van der Waals surface area contributed by atoms with Crippen LogP contribution in [-0.4, -0.2) is 31.8 Å². The number of allylic oxidation sites excluding steroid dienone is 5. The molecule has 0 amide bonds. The molecular formula is C16H16NTl. The van der Waals surface area contributed by atoms with Crippen LogP contribution in [0.15, 0.2) is 62.5 Å². The molecule has 1 aromatic carbocycles. The van der Waals surface area contributed by atoms with E-state index in [0.717, 1.165) is 18.6 Å². The SMILES string of the molecule is CC1=CCCC=C1C(/C=C/c1ccccc1)=[N]/[Tl]. The zero-order chi connectivity index (χ0) is 12.8. The van der Waals surface area contributed by atoms with Crippen LogP contribution in [0.25, 0.3) is 6.08 Å². The molecule has 2 rings (SSSR count). The summed E-state index contributed by atoms with van der Waals surface area (Å²) in [4.78, 5) is 0. The van der Waals surface area contributed by atoms with Gasteiger partial charge in [0, 0.05) is 0 Å². The number of hydrogen-bond donors (Lipinski definition) is 0. The van der Waals surface area contributed by atoms with Gasteiger partial charge in [-0.1, -0.05) is 0 Å². The standard InChI is InChI=1S/C16H16N.Tl/c1-13-7-5-6-10-15(13)16(17)12-11-14-8-3-2-4-9-14;/h2-4,7-12H,5-6H2,1H3;/q-1;+1/b12-11+;. The van der Waals surface area contributed by atoms with E-state index >= 15 is 0 Å². The van der Waals surface area contributed by atoms with Crippen LogP contribution >= 0.6 is 0 Å². The first kappa shape index (κ1) is 13.5. The van der Waals surface area contributed by atoms with Gasteiger partial charge in [-0.15, -0.1) is 0 Å². The Bertz CT molecular complexity index is 521. The number of benzene rings is 1. The molecule has 0 heterocycles. The van der Waals surface area contributed by atoms with Crippen molar-refractivity contribution in [3.8, 4) is 0 Å². The fraction of sp³-hybridized carbons (Fsp3) is 0.188. The van der Waals surface area contributed by atoms with Crippen molar-refractivity contribution in [2.45, 2.75) is 19.8 Å². The van der Waals surface area contributed by atoms with Gasteiger partial charge in [-0.2, -0.15) is 0 Å². The van der Waals surface area contributed by atoms with Gasteiger partial charge in [0.05, 0.1) is 0 Å². The third-order valence-electron chi connectivity index (χ3n) is 3.04. The van der Waals surface area contributed by atoms with E-state index in [1.54, 1.807) is 0 Å².